The lowest BCUT2D eigenvalue weighted by molar-refractivity contribution is -0.130. The van der Waals surface area contributed by atoms with E-state index in [1.807, 2.05) is 0 Å². The Labute approximate surface area is 115 Å². The molecule has 0 bridgehead atoms. The third-order valence-electron chi connectivity index (χ3n) is 2.59. The van der Waals surface area contributed by atoms with Gasteiger partial charge in [0.25, 0.3) is 0 Å². The first-order chi connectivity index (χ1) is 9.06. The second-order valence-electron chi connectivity index (χ2n) is 3.96. The Balaban J connectivity index is 2.43. The van der Waals surface area contributed by atoms with Crippen LogP contribution in [0.4, 0.5) is 0 Å². The summed E-state index contributed by atoms with van der Waals surface area (Å²) in [6.45, 7) is 0. The molecule has 0 aliphatic rings. The number of carbonyl (C=O) groups is 1. The maximum atomic E-state index is 11.3. The lowest BCUT2D eigenvalue weighted by Gasteiger charge is -2.03. The van der Waals surface area contributed by atoms with Crippen molar-refractivity contribution in [1.82, 2.24) is 0 Å². The molecular weight excluding hydrogens is 264 g/mol. The summed E-state index contributed by atoms with van der Waals surface area (Å²) in [5, 5.41) is 19.0. The second-order valence-corrected chi connectivity index (χ2v) is 4.40. The third-order valence-corrected chi connectivity index (χ3v) is 2.84. The summed E-state index contributed by atoms with van der Waals surface area (Å²) >= 11 is 5.78. The molecule has 0 atom stereocenters. The van der Waals surface area contributed by atoms with Crippen LogP contribution in [0.5, 0.6) is 5.75 Å². The summed E-state index contributed by atoms with van der Waals surface area (Å²) in [4.78, 5) is 11.3. The fourth-order valence-corrected chi connectivity index (χ4v) is 1.76. The molecule has 0 fully saturated rings. The lowest BCUT2D eigenvalue weighted by atomic mass is 10.0. The van der Waals surface area contributed by atoms with Crippen LogP contribution < -0.4 is 0 Å². The largest absolute Gasteiger partial charge is 0.508 e. The van der Waals surface area contributed by atoms with Gasteiger partial charge < -0.3 is 10.2 Å². The number of aliphatic carboxylic acids is 1. The van der Waals surface area contributed by atoms with Crippen LogP contribution in [0.2, 0.25) is 5.02 Å². The van der Waals surface area contributed by atoms with Gasteiger partial charge in [0, 0.05) is 5.02 Å². The summed E-state index contributed by atoms with van der Waals surface area (Å²) in [6.07, 6.45) is 1.55. The number of carboxylic acids is 1. The van der Waals surface area contributed by atoms with Crippen LogP contribution in [0.25, 0.3) is 11.6 Å². The molecule has 96 valence electrons. The number of carboxylic acid groups (broad SMARTS) is 1. The van der Waals surface area contributed by atoms with Crippen LogP contribution in [0, 0.1) is 0 Å². The quantitative estimate of drug-likeness (QED) is 0.663. The highest BCUT2D eigenvalue weighted by atomic mass is 35.5. The van der Waals surface area contributed by atoms with E-state index in [4.69, 9.17) is 11.6 Å². The van der Waals surface area contributed by atoms with Crippen LogP contribution in [-0.2, 0) is 4.79 Å². The Bertz CT molecular complexity index is 613. The fourth-order valence-electron chi connectivity index (χ4n) is 1.64. The highest BCUT2D eigenvalue weighted by molar-refractivity contribution is 6.30. The Morgan fingerprint density at radius 3 is 2.11 bits per heavy atom. The monoisotopic (exact) mass is 274 g/mol. The van der Waals surface area contributed by atoms with Gasteiger partial charge >= 0.3 is 5.97 Å². The van der Waals surface area contributed by atoms with E-state index in [0.29, 0.717) is 16.1 Å². The van der Waals surface area contributed by atoms with Gasteiger partial charge in [0.15, 0.2) is 0 Å². The van der Waals surface area contributed by atoms with Crippen LogP contribution in [0.15, 0.2) is 48.5 Å². The number of hydrogen-bond donors (Lipinski definition) is 2. The molecule has 2 aromatic carbocycles. The Morgan fingerprint density at radius 2 is 1.58 bits per heavy atom. The molecule has 0 spiro atoms. The van der Waals surface area contributed by atoms with Crippen LogP contribution in [-0.4, -0.2) is 16.2 Å². The zero-order chi connectivity index (χ0) is 13.8. The molecule has 0 saturated carbocycles. The Kier molecular flexibility index (Phi) is 3.88. The van der Waals surface area contributed by atoms with Crippen molar-refractivity contribution in [2.24, 2.45) is 0 Å². The van der Waals surface area contributed by atoms with Gasteiger partial charge in [-0.3, -0.25) is 0 Å². The molecule has 0 aromatic heterocycles. The van der Waals surface area contributed by atoms with Gasteiger partial charge in [-0.2, -0.15) is 0 Å². The molecule has 0 aliphatic heterocycles. The number of phenols is 1. The van der Waals surface area contributed by atoms with Gasteiger partial charge in [0.05, 0.1) is 5.57 Å². The number of hydrogen-bond acceptors (Lipinski definition) is 2. The van der Waals surface area contributed by atoms with E-state index in [0.717, 1.165) is 0 Å². The molecule has 2 N–H and O–H groups in total. The first kappa shape index (κ1) is 13.2. The highest BCUT2D eigenvalue weighted by Crippen LogP contribution is 2.21. The average Bonchev–Trinajstić information content (AvgIpc) is 2.39. The summed E-state index contributed by atoms with van der Waals surface area (Å²) < 4.78 is 0. The zero-order valence-corrected chi connectivity index (χ0v) is 10.6. The van der Waals surface area contributed by atoms with Gasteiger partial charge in [-0.15, -0.1) is 0 Å². The first-order valence-electron chi connectivity index (χ1n) is 5.56. The predicted octanol–water partition coefficient (Wildman–Crippen LogP) is 3.67. The van der Waals surface area contributed by atoms with Crippen molar-refractivity contribution in [3.63, 3.8) is 0 Å². The van der Waals surface area contributed by atoms with Gasteiger partial charge in [0.2, 0.25) is 0 Å². The topological polar surface area (TPSA) is 57.5 Å². The van der Waals surface area contributed by atoms with E-state index in [1.54, 1.807) is 42.5 Å². The van der Waals surface area contributed by atoms with Crippen molar-refractivity contribution in [3.05, 3.63) is 64.7 Å². The predicted molar refractivity (Wildman–Crippen MR) is 75.1 cm³/mol. The number of phenolic OH excluding ortho intramolecular Hbond substituents is 1. The lowest BCUT2D eigenvalue weighted by Crippen LogP contribution is -1.99. The molecule has 0 amide bonds. The number of halogens is 1. The summed E-state index contributed by atoms with van der Waals surface area (Å²) in [5.41, 5.74) is 1.44. The number of aromatic hydroxyl groups is 1. The number of rotatable bonds is 3. The first-order valence-corrected chi connectivity index (χ1v) is 5.94. The van der Waals surface area contributed by atoms with Gasteiger partial charge in [-0.1, -0.05) is 35.9 Å². The van der Waals surface area contributed by atoms with Crippen molar-refractivity contribution < 1.29 is 15.0 Å². The molecule has 0 aliphatic carbocycles. The molecule has 0 radical (unpaired) electrons. The smallest absolute Gasteiger partial charge is 0.336 e. The molecule has 0 heterocycles. The molecule has 2 aromatic rings. The second kappa shape index (κ2) is 5.59. The van der Waals surface area contributed by atoms with E-state index in [-0.39, 0.29) is 11.3 Å². The molecule has 4 heteroatoms. The molecule has 19 heavy (non-hydrogen) atoms. The number of benzene rings is 2. The van der Waals surface area contributed by atoms with Crippen molar-refractivity contribution >= 4 is 29.2 Å². The van der Waals surface area contributed by atoms with Crippen molar-refractivity contribution in [3.8, 4) is 5.75 Å². The summed E-state index contributed by atoms with van der Waals surface area (Å²) in [5.74, 6) is -0.879. The van der Waals surface area contributed by atoms with E-state index in [1.165, 1.54) is 12.1 Å². The Hall–Kier alpha value is -2.26. The van der Waals surface area contributed by atoms with Crippen LogP contribution in [0.3, 0.4) is 0 Å². The van der Waals surface area contributed by atoms with E-state index < -0.39 is 5.97 Å². The molecule has 3 nitrogen and oxygen atoms in total. The Morgan fingerprint density at radius 1 is 1.00 bits per heavy atom. The minimum absolute atomic E-state index is 0.139. The van der Waals surface area contributed by atoms with Gasteiger partial charge in [-0.05, 0) is 41.5 Å². The van der Waals surface area contributed by atoms with Crippen molar-refractivity contribution in [1.29, 1.82) is 0 Å². The minimum atomic E-state index is -1.02. The molecule has 0 unspecified atom stereocenters. The fraction of sp³-hybridized carbons (Fsp3) is 0. The van der Waals surface area contributed by atoms with Crippen molar-refractivity contribution in [2.75, 3.05) is 0 Å². The molecular formula is C15H11ClO3. The van der Waals surface area contributed by atoms with Gasteiger partial charge in [-0.25, -0.2) is 4.79 Å². The minimum Gasteiger partial charge on any atom is -0.508 e. The summed E-state index contributed by atoms with van der Waals surface area (Å²) in [6, 6.07) is 12.9. The van der Waals surface area contributed by atoms with Crippen LogP contribution in [0.1, 0.15) is 11.1 Å². The standard InChI is InChI=1S/C15H11ClO3/c16-12-5-3-11(4-6-12)14(15(18)19)9-10-1-7-13(17)8-2-10/h1-9,17H,(H,18,19)/b14-9-. The van der Waals surface area contributed by atoms with E-state index in [2.05, 4.69) is 0 Å². The van der Waals surface area contributed by atoms with Crippen molar-refractivity contribution in [2.45, 2.75) is 0 Å². The maximum Gasteiger partial charge on any atom is 0.336 e. The van der Waals surface area contributed by atoms with E-state index >= 15 is 0 Å². The summed E-state index contributed by atoms with van der Waals surface area (Å²) in [7, 11) is 0. The third kappa shape index (κ3) is 3.36. The highest BCUT2D eigenvalue weighted by Gasteiger charge is 2.10. The molecule has 0 saturated heterocycles. The van der Waals surface area contributed by atoms with E-state index in [9.17, 15) is 15.0 Å². The van der Waals surface area contributed by atoms with Gasteiger partial charge in [0.1, 0.15) is 5.75 Å². The normalized spacial score (nSPS) is 11.3. The average molecular weight is 275 g/mol. The van der Waals surface area contributed by atoms with Crippen LogP contribution >= 0.6 is 11.6 Å². The SMILES string of the molecule is O=C(O)/C(=C\c1ccc(O)cc1)c1ccc(Cl)cc1. The maximum absolute atomic E-state index is 11.3. The molecule has 2 rings (SSSR count). The zero-order valence-electron chi connectivity index (χ0n) is 9.88.